The highest BCUT2D eigenvalue weighted by atomic mass is 127. The molecule has 1 fully saturated rings. The van der Waals surface area contributed by atoms with Gasteiger partial charge in [-0.1, -0.05) is 13.8 Å². The molecule has 25 heavy (non-hydrogen) atoms. The van der Waals surface area contributed by atoms with Crippen LogP contribution < -0.4 is 11.1 Å². The van der Waals surface area contributed by atoms with Gasteiger partial charge in [0.1, 0.15) is 5.01 Å². The highest BCUT2D eigenvalue weighted by Gasteiger charge is 2.23. The quantitative estimate of drug-likeness (QED) is 0.387. The molecule has 2 rings (SSSR count). The molecule has 0 spiro atoms. The van der Waals surface area contributed by atoms with Crippen molar-refractivity contribution >= 4 is 47.2 Å². The van der Waals surface area contributed by atoms with Crippen LogP contribution in [0.1, 0.15) is 54.6 Å². The van der Waals surface area contributed by atoms with Gasteiger partial charge in [-0.2, -0.15) is 0 Å². The Labute approximate surface area is 171 Å². The molecule has 1 aromatic rings. The van der Waals surface area contributed by atoms with Crippen molar-refractivity contribution in [1.29, 1.82) is 0 Å². The van der Waals surface area contributed by atoms with Crippen molar-refractivity contribution in [3.63, 3.8) is 0 Å². The fraction of sp³-hybridized carbons (Fsp3) is 0.706. The van der Waals surface area contributed by atoms with Crippen LogP contribution in [0.3, 0.4) is 0 Å². The van der Waals surface area contributed by atoms with Crippen LogP contribution in [0.25, 0.3) is 0 Å². The number of halogens is 1. The van der Waals surface area contributed by atoms with Crippen LogP contribution in [-0.4, -0.2) is 41.9 Å². The summed E-state index contributed by atoms with van der Waals surface area (Å²) >= 11 is 1.74. The molecule has 8 heteroatoms. The van der Waals surface area contributed by atoms with Gasteiger partial charge in [-0.25, -0.2) is 4.98 Å². The van der Waals surface area contributed by atoms with Gasteiger partial charge in [0.2, 0.25) is 5.91 Å². The zero-order valence-corrected chi connectivity index (χ0v) is 18.7. The highest BCUT2D eigenvalue weighted by molar-refractivity contribution is 14.0. The second-order valence-electron chi connectivity index (χ2n) is 6.73. The van der Waals surface area contributed by atoms with E-state index < -0.39 is 0 Å². The number of rotatable bonds is 5. The van der Waals surface area contributed by atoms with Crippen LogP contribution in [0.15, 0.2) is 4.99 Å². The van der Waals surface area contributed by atoms with E-state index in [1.807, 2.05) is 0 Å². The average molecular weight is 479 g/mol. The maximum absolute atomic E-state index is 11.2. The number of nitrogens with one attached hydrogen (secondary N) is 1. The number of primary amides is 1. The van der Waals surface area contributed by atoms with Crippen LogP contribution in [-0.2, 0) is 11.3 Å². The van der Waals surface area contributed by atoms with Crippen LogP contribution in [0.4, 0.5) is 0 Å². The maximum atomic E-state index is 11.2. The smallest absolute Gasteiger partial charge is 0.217 e. The van der Waals surface area contributed by atoms with Gasteiger partial charge in [0.15, 0.2) is 5.96 Å². The van der Waals surface area contributed by atoms with Gasteiger partial charge in [-0.05, 0) is 31.6 Å². The van der Waals surface area contributed by atoms with E-state index in [9.17, 15) is 4.79 Å². The summed E-state index contributed by atoms with van der Waals surface area (Å²) in [4.78, 5) is 23.8. The van der Waals surface area contributed by atoms with E-state index in [0.717, 1.165) is 36.9 Å². The lowest BCUT2D eigenvalue weighted by molar-refractivity contribution is -0.119. The molecule has 6 nitrogen and oxygen atoms in total. The molecule has 1 aliphatic heterocycles. The van der Waals surface area contributed by atoms with Gasteiger partial charge in [0.05, 0.1) is 12.2 Å². The fourth-order valence-electron chi connectivity index (χ4n) is 3.27. The Bertz CT molecular complexity index is 602. The van der Waals surface area contributed by atoms with Gasteiger partial charge < -0.3 is 16.0 Å². The first-order valence-corrected chi connectivity index (χ1v) is 9.42. The van der Waals surface area contributed by atoms with Crippen molar-refractivity contribution in [2.45, 2.75) is 52.5 Å². The van der Waals surface area contributed by atoms with E-state index in [1.54, 1.807) is 18.4 Å². The normalized spacial score (nSPS) is 18.2. The summed E-state index contributed by atoms with van der Waals surface area (Å²) in [5.74, 6) is 1.43. The van der Waals surface area contributed by atoms with Gasteiger partial charge in [0, 0.05) is 31.4 Å². The molecule has 0 saturated carbocycles. The monoisotopic (exact) mass is 479 g/mol. The lowest BCUT2D eigenvalue weighted by Crippen LogP contribution is -2.46. The Morgan fingerprint density at radius 1 is 1.52 bits per heavy atom. The standard InChI is InChI=1S/C17H29N5OS.HI/c1-11(2)16-12(3)24-15(21-16)9-20-17(19-4)22-7-5-6-13(10-22)8-14(18)23;/h11,13H,5-10H2,1-4H3,(H2,18,23)(H,19,20);1H. The minimum Gasteiger partial charge on any atom is -0.370 e. The predicted molar refractivity (Wildman–Crippen MR) is 115 cm³/mol. The van der Waals surface area contributed by atoms with Crippen molar-refractivity contribution in [3.05, 3.63) is 15.6 Å². The number of amides is 1. The minimum absolute atomic E-state index is 0. The number of likely N-dealkylation sites (tertiary alicyclic amines) is 1. The maximum Gasteiger partial charge on any atom is 0.217 e. The van der Waals surface area contributed by atoms with Gasteiger partial charge >= 0.3 is 0 Å². The summed E-state index contributed by atoms with van der Waals surface area (Å²) in [5, 5.41) is 4.50. The lowest BCUT2D eigenvalue weighted by Gasteiger charge is -2.34. The molecule has 0 radical (unpaired) electrons. The van der Waals surface area contributed by atoms with Crippen molar-refractivity contribution in [3.8, 4) is 0 Å². The van der Waals surface area contributed by atoms with Crippen LogP contribution in [0.2, 0.25) is 0 Å². The molecule has 1 aliphatic rings. The molecule has 1 amide bonds. The van der Waals surface area contributed by atoms with Crippen molar-refractivity contribution < 1.29 is 4.79 Å². The number of aliphatic imine (C=N–C) groups is 1. The first kappa shape index (κ1) is 22.1. The number of guanidine groups is 1. The number of aromatic nitrogens is 1. The van der Waals surface area contributed by atoms with E-state index in [0.29, 0.717) is 24.8 Å². The molecule has 1 unspecified atom stereocenters. The first-order valence-electron chi connectivity index (χ1n) is 8.60. The number of nitrogens with zero attached hydrogens (tertiary/aromatic N) is 3. The van der Waals surface area contributed by atoms with Crippen LogP contribution in [0.5, 0.6) is 0 Å². The largest absolute Gasteiger partial charge is 0.370 e. The number of nitrogens with two attached hydrogens (primary N) is 1. The molecule has 1 aromatic heterocycles. The third-order valence-corrected chi connectivity index (χ3v) is 5.33. The summed E-state index contributed by atoms with van der Waals surface area (Å²) in [5.41, 5.74) is 6.53. The Balaban J connectivity index is 0.00000312. The molecular weight excluding hydrogens is 449 g/mol. The fourth-order valence-corrected chi connectivity index (χ4v) is 4.30. The average Bonchev–Trinajstić information content (AvgIpc) is 2.89. The Morgan fingerprint density at radius 3 is 2.80 bits per heavy atom. The molecule has 0 bridgehead atoms. The summed E-state index contributed by atoms with van der Waals surface area (Å²) in [6.45, 7) is 8.95. The second kappa shape index (κ2) is 10.3. The zero-order chi connectivity index (χ0) is 17.7. The molecule has 2 heterocycles. The number of carbonyl (C=O) groups excluding carboxylic acids is 1. The molecule has 0 aromatic carbocycles. The lowest BCUT2D eigenvalue weighted by atomic mass is 9.95. The zero-order valence-electron chi connectivity index (χ0n) is 15.5. The SMILES string of the molecule is CN=C(NCc1nc(C(C)C)c(C)s1)N1CCCC(CC(N)=O)C1.I. The molecule has 3 N–H and O–H groups in total. The number of carbonyl (C=O) groups is 1. The number of thiazole rings is 1. The Morgan fingerprint density at radius 2 is 2.24 bits per heavy atom. The number of piperidine rings is 1. The second-order valence-corrected chi connectivity index (χ2v) is 8.02. The van der Waals surface area contributed by atoms with E-state index in [-0.39, 0.29) is 29.9 Å². The van der Waals surface area contributed by atoms with Crippen molar-refractivity contribution in [1.82, 2.24) is 15.2 Å². The van der Waals surface area contributed by atoms with Crippen LogP contribution in [0, 0.1) is 12.8 Å². The number of aryl methyl sites for hydroxylation is 1. The minimum atomic E-state index is -0.218. The van der Waals surface area contributed by atoms with E-state index >= 15 is 0 Å². The molecule has 1 atom stereocenters. The summed E-state index contributed by atoms with van der Waals surface area (Å²) in [6, 6.07) is 0. The highest BCUT2D eigenvalue weighted by Crippen LogP contribution is 2.24. The molecular formula is C17H30IN5OS. The van der Waals surface area contributed by atoms with Gasteiger partial charge in [-0.15, -0.1) is 35.3 Å². The molecule has 142 valence electrons. The summed E-state index contributed by atoms with van der Waals surface area (Å²) < 4.78 is 0. The third-order valence-electron chi connectivity index (χ3n) is 4.34. The predicted octanol–water partition coefficient (Wildman–Crippen LogP) is 2.86. The summed E-state index contributed by atoms with van der Waals surface area (Å²) in [7, 11) is 1.80. The molecule has 1 saturated heterocycles. The van der Waals surface area contributed by atoms with E-state index in [1.165, 1.54) is 10.6 Å². The Kier molecular flexibility index (Phi) is 9.12. The summed E-state index contributed by atoms with van der Waals surface area (Å²) in [6.07, 6.45) is 2.57. The van der Waals surface area contributed by atoms with Crippen molar-refractivity contribution in [2.24, 2.45) is 16.6 Å². The van der Waals surface area contributed by atoms with E-state index in [4.69, 9.17) is 10.7 Å². The topological polar surface area (TPSA) is 83.6 Å². The first-order chi connectivity index (χ1) is 11.4. The van der Waals surface area contributed by atoms with Gasteiger partial charge in [-0.3, -0.25) is 9.79 Å². The van der Waals surface area contributed by atoms with Crippen molar-refractivity contribution in [2.75, 3.05) is 20.1 Å². The number of hydrogen-bond acceptors (Lipinski definition) is 4. The van der Waals surface area contributed by atoms with Gasteiger partial charge in [0.25, 0.3) is 0 Å². The van der Waals surface area contributed by atoms with Crippen LogP contribution >= 0.6 is 35.3 Å². The third kappa shape index (κ3) is 6.40. The number of hydrogen-bond donors (Lipinski definition) is 2. The van der Waals surface area contributed by atoms with E-state index in [2.05, 4.69) is 36.0 Å². The molecule has 0 aliphatic carbocycles. The Hall–Kier alpha value is -0.900.